The highest BCUT2D eigenvalue weighted by Gasteiger charge is 2.09. The molecule has 19 heavy (non-hydrogen) atoms. The Morgan fingerprint density at radius 2 is 1.74 bits per heavy atom. The Kier molecular flexibility index (Phi) is 6.36. The zero-order valence-electron chi connectivity index (χ0n) is 11.0. The molecule has 0 aromatic heterocycles. The largest absolute Gasteiger partial charge is 0.487 e. The molecule has 0 aliphatic heterocycles. The van der Waals surface area contributed by atoms with Gasteiger partial charge in [0.1, 0.15) is 18.0 Å². The van der Waals surface area contributed by atoms with Gasteiger partial charge in [-0.15, -0.1) is 0 Å². The van der Waals surface area contributed by atoms with Gasteiger partial charge in [-0.25, -0.2) is 4.39 Å². The van der Waals surface area contributed by atoms with Gasteiger partial charge in [0.2, 0.25) is 0 Å². The minimum absolute atomic E-state index is 0.0234. The van der Waals surface area contributed by atoms with E-state index in [0.717, 1.165) is 5.56 Å². The molecule has 0 saturated heterocycles. The number of nitrogens with two attached hydrogens (primary N) is 1. The van der Waals surface area contributed by atoms with Gasteiger partial charge in [-0.1, -0.05) is 44.2 Å². The second-order valence-electron chi connectivity index (χ2n) is 3.55. The van der Waals surface area contributed by atoms with E-state index in [1.54, 1.807) is 12.1 Å². The highest BCUT2D eigenvalue weighted by atomic mass is 79.9. The monoisotopic (exact) mass is 325 g/mol. The second kappa shape index (κ2) is 7.79. The standard InChI is InChI=1S/C13H11BrFNO.C2H6/c14-10-6-7-11(13(16)12(10)15)17-8-9-4-2-1-3-5-9;1-2/h1-7H,8,16H2;1-2H3. The Bertz CT molecular complexity index is 517. The summed E-state index contributed by atoms with van der Waals surface area (Å²) in [5.74, 6) is -0.134. The predicted octanol–water partition coefficient (Wildman–Crippen LogP) is 4.78. The molecule has 0 aliphatic carbocycles. The SMILES string of the molecule is CC.Nc1c(OCc2ccccc2)ccc(Br)c1F. The van der Waals surface area contributed by atoms with Crippen LogP contribution in [0.5, 0.6) is 5.75 Å². The van der Waals surface area contributed by atoms with Gasteiger partial charge in [0.05, 0.1) is 4.47 Å². The lowest BCUT2D eigenvalue weighted by Crippen LogP contribution is -2.00. The third-order valence-corrected chi connectivity index (χ3v) is 2.94. The maximum Gasteiger partial charge on any atom is 0.164 e. The van der Waals surface area contributed by atoms with E-state index in [-0.39, 0.29) is 5.69 Å². The van der Waals surface area contributed by atoms with Crippen molar-refractivity contribution < 1.29 is 9.13 Å². The van der Waals surface area contributed by atoms with E-state index in [1.165, 1.54) is 0 Å². The molecule has 2 nitrogen and oxygen atoms in total. The fourth-order valence-electron chi connectivity index (χ4n) is 1.41. The molecular formula is C15H17BrFNO. The molecule has 2 rings (SSSR count). The lowest BCUT2D eigenvalue weighted by molar-refractivity contribution is 0.306. The first-order valence-corrected chi connectivity index (χ1v) is 6.88. The average molecular weight is 326 g/mol. The topological polar surface area (TPSA) is 35.2 Å². The van der Waals surface area contributed by atoms with Gasteiger partial charge in [0.15, 0.2) is 5.82 Å². The summed E-state index contributed by atoms with van der Waals surface area (Å²) in [5.41, 5.74) is 6.65. The predicted molar refractivity (Wildman–Crippen MR) is 80.6 cm³/mol. The summed E-state index contributed by atoms with van der Waals surface area (Å²) in [4.78, 5) is 0. The molecule has 0 radical (unpaired) electrons. The molecule has 2 aromatic rings. The van der Waals surface area contributed by atoms with Crippen LogP contribution in [0.3, 0.4) is 0 Å². The van der Waals surface area contributed by atoms with Gasteiger partial charge in [0, 0.05) is 0 Å². The first-order chi connectivity index (χ1) is 9.18. The Morgan fingerprint density at radius 1 is 1.11 bits per heavy atom. The molecule has 0 unspecified atom stereocenters. The summed E-state index contributed by atoms with van der Waals surface area (Å²) in [5, 5.41) is 0. The van der Waals surface area contributed by atoms with E-state index in [1.807, 2.05) is 44.2 Å². The number of benzene rings is 2. The first-order valence-electron chi connectivity index (χ1n) is 6.08. The molecule has 0 bridgehead atoms. The molecule has 0 aliphatic rings. The van der Waals surface area contributed by atoms with E-state index < -0.39 is 5.82 Å². The van der Waals surface area contributed by atoms with Crippen LogP contribution in [-0.4, -0.2) is 0 Å². The molecule has 4 heteroatoms. The fraction of sp³-hybridized carbons (Fsp3) is 0.200. The molecule has 0 saturated carbocycles. The molecule has 2 N–H and O–H groups in total. The fourth-order valence-corrected chi connectivity index (χ4v) is 1.76. The summed E-state index contributed by atoms with van der Waals surface area (Å²) >= 11 is 3.07. The van der Waals surface area contributed by atoms with Crippen LogP contribution in [0.25, 0.3) is 0 Å². The molecule has 0 fully saturated rings. The highest BCUT2D eigenvalue weighted by Crippen LogP contribution is 2.30. The Balaban J connectivity index is 0.000000861. The molecule has 0 amide bonds. The second-order valence-corrected chi connectivity index (χ2v) is 4.40. The quantitative estimate of drug-likeness (QED) is 0.824. The van der Waals surface area contributed by atoms with Crippen molar-refractivity contribution in [3.63, 3.8) is 0 Å². The molecular weight excluding hydrogens is 309 g/mol. The highest BCUT2D eigenvalue weighted by molar-refractivity contribution is 9.10. The number of anilines is 1. The van der Waals surface area contributed by atoms with Gasteiger partial charge in [-0.05, 0) is 33.6 Å². The number of rotatable bonds is 3. The maximum absolute atomic E-state index is 13.5. The minimum Gasteiger partial charge on any atom is -0.487 e. The summed E-state index contributed by atoms with van der Waals surface area (Å²) in [7, 11) is 0. The van der Waals surface area contributed by atoms with Crippen LogP contribution in [0.1, 0.15) is 19.4 Å². The van der Waals surface area contributed by atoms with Gasteiger partial charge in [0.25, 0.3) is 0 Å². The Labute approximate surface area is 121 Å². The third kappa shape index (κ3) is 4.24. The molecule has 0 atom stereocenters. The van der Waals surface area contributed by atoms with Gasteiger partial charge < -0.3 is 10.5 Å². The van der Waals surface area contributed by atoms with Crippen LogP contribution >= 0.6 is 15.9 Å². The van der Waals surface area contributed by atoms with Crippen molar-refractivity contribution in [2.24, 2.45) is 0 Å². The van der Waals surface area contributed by atoms with E-state index >= 15 is 0 Å². The number of nitrogen functional groups attached to an aromatic ring is 1. The van der Waals surface area contributed by atoms with E-state index in [2.05, 4.69) is 15.9 Å². The summed E-state index contributed by atoms with van der Waals surface area (Å²) < 4.78 is 19.3. The van der Waals surface area contributed by atoms with Gasteiger partial charge in [-0.2, -0.15) is 0 Å². The van der Waals surface area contributed by atoms with Crippen molar-refractivity contribution in [3.8, 4) is 5.75 Å². The summed E-state index contributed by atoms with van der Waals surface area (Å²) in [6.07, 6.45) is 0. The van der Waals surface area contributed by atoms with Crippen LogP contribution in [0, 0.1) is 5.82 Å². The Hall–Kier alpha value is -1.55. The average Bonchev–Trinajstić information content (AvgIpc) is 2.47. The molecule has 102 valence electrons. The number of halogens is 2. The zero-order chi connectivity index (χ0) is 14.3. The summed E-state index contributed by atoms with van der Waals surface area (Å²) in [6, 6.07) is 12.9. The van der Waals surface area contributed by atoms with Crippen molar-refractivity contribution in [3.05, 3.63) is 58.3 Å². The van der Waals surface area contributed by atoms with Crippen molar-refractivity contribution in [2.45, 2.75) is 20.5 Å². The van der Waals surface area contributed by atoms with E-state index in [4.69, 9.17) is 10.5 Å². The normalized spacial score (nSPS) is 9.47. The van der Waals surface area contributed by atoms with Crippen LogP contribution in [0.15, 0.2) is 46.9 Å². The summed E-state index contributed by atoms with van der Waals surface area (Å²) in [6.45, 7) is 4.37. The van der Waals surface area contributed by atoms with Crippen molar-refractivity contribution in [1.82, 2.24) is 0 Å². The minimum atomic E-state index is -0.490. The van der Waals surface area contributed by atoms with Crippen LogP contribution in [0.4, 0.5) is 10.1 Å². The number of hydrogen-bond donors (Lipinski definition) is 1. The molecule has 0 spiro atoms. The van der Waals surface area contributed by atoms with Crippen molar-refractivity contribution >= 4 is 21.6 Å². The van der Waals surface area contributed by atoms with E-state index in [9.17, 15) is 4.39 Å². The van der Waals surface area contributed by atoms with Crippen LogP contribution in [-0.2, 0) is 6.61 Å². The zero-order valence-corrected chi connectivity index (χ0v) is 12.6. The van der Waals surface area contributed by atoms with Gasteiger partial charge in [-0.3, -0.25) is 0 Å². The first kappa shape index (κ1) is 15.5. The Morgan fingerprint density at radius 3 is 2.37 bits per heavy atom. The smallest absolute Gasteiger partial charge is 0.164 e. The van der Waals surface area contributed by atoms with Crippen LogP contribution in [0.2, 0.25) is 0 Å². The number of ether oxygens (including phenoxy) is 1. The molecule has 2 aromatic carbocycles. The van der Waals surface area contributed by atoms with E-state index in [0.29, 0.717) is 16.8 Å². The molecule has 0 heterocycles. The van der Waals surface area contributed by atoms with Crippen LogP contribution < -0.4 is 10.5 Å². The lowest BCUT2D eigenvalue weighted by Gasteiger charge is -2.10. The van der Waals surface area contributed by atoms with Crippen molar-refractivity contribution in [1.29, 1.82) is 0 Å². The number of hydrogen-bond acceptors (Lipinski definition) is 2. The maximum atomic E-state index is 13.5. The third-order valence-electron chi connectivity index (χ3n) is 2.33. The lowest BCUT2D eigenvalue weighted by atomic mass is 10.2. The van der Waals surface area contributed by atoms with Crippen molar-refractivity contribution in [2.75, 3.05) is 5.73 Å². The van der Waals surface area contributed by atoms with Gasteiger partial charge >= 0.3 is 0 Å².